The third-order valence-corrected chi connectivity index (χ3v) is 5.26. The van der Waals surface area contributed by atoms with E-state index < -0.39 is 11.8 Å². The number of anilines is 1. The molecule has 3 amide bonds. The number of furan rings is 1. The van der Waals surface area contributed by atoms with E-state index in [9.17, 15) is 14.0 Å². The number of nitrogens with zero attached hydrogens (tertiary/aromatic N) is 2. The van der Waals surface area contributed by atoms with E-state index in [1.54, 1.807) is 11.0 Å². The molecule has 0 atom stereocenters. The molecule has 0 bridgehead atoms. The predicted octanol–water partition coefficient (Wildman–Crippen LogP) is 4.48. The molecule has 3 aromatic rings. The second-order valence-corrected chi connectivity index (χ2v) is 7.92. The van der Waals surface area contributed by atoms with Crippen LogP contribution in [-0.2, 0) is 22.5 Å². The summed E-state index contributed by atoms with van der Waals surface area (Å²) in [4.78, 5) is 29.2. The van der Waals surface area contributed by atoms with Gasteiger partial charge in [-0.15, -0.1) is 0 Å². The quantitative estimate of drug-likeness (QED) is 0.451. The number of benzene rings is 2. The minimum Gasteiger partial charge on any atom is -0.464 e. The van der Waals surface area contributed by atoms with Gasteiger partial charge in [-0.3, -0.25) is 4.79 Å². The van der Waals surface area contributed by atoms with Crippen LogP contribution in [0.5, 0.6) is 0 Å². The first-order valence-electron chi connectivity index (χ1n) is 11.1. The Kier molecular flexibility index (Phi) is 9.22. The molecule has 0 saturated heterocycles. The van der Waals surface area contributed by atoms with Crippen molar-refractivity contribution in [2.24, 2.45) is 0 Å². The van der Waals surface area contributed by atoms with Gasteiger partial charge in [0, 0.05) is 25.9 Å². The number of nitrogens with one attached hydrogen (secondary N) is 1. The minimum absolute atomic E-state index is 0.154. The lowest BCUT2D eigenvalue weighted by atomic mass is 10.1. The van der Waals surface area contributed by atoms with Crippen LogP contribution >= 0.6 is 0 Å². The van der Waals surface area contributed by atoms with Gasteiger partial charge in [0.05, 0.1) is 13.2 Å². The fraction of sp³-hybridized carbons (Fsp3) is 0.308. The van der Waals surface area contributed by atoms with E-state index in [1.807, 2.05) is 49.4 Å². The number of urea groups is 1. The number of rotatable bonds is 11. The van der Waals surface area contributed by atoms with Gasteiger partial charge in [0.15, 0.2) is 0 Å². The molecule has 2 aromatic carbocycles. The number of hydrogen-bond donors (Lipinski definition) is 1. The maximum atomic E-state index is 13.5. The van der Waals surface area contributed by atoms with Gasteiger partial charge >= 0.3 is 6.03 Å². The fourth-order valence-electron chi connectivity index (χ4n) is 3.44. The first-order chi connectivity index (χ1) is 16.4. The molecule has 1 heterocycles. The molecule has 8 heteroatoms. The second-order valence-electron chi connectivity index (χ2n) is 7.92. The van der Waals surface area contributed by atoms with Gasteiger partial charge in [0.2, 0.25) is 5.91 Å². The molecular formula is C26H30FN3O4. The summed E-state index contributed by atoms with van der Waals surface area (Å²) < 4.78 is 24.3. The molecule has 3 rings (SSSR count). The topological polar surface area (TPSA) is 75.0 Å². The highest BCUT2D eigenvalue weighted by Gasteiger charge is 2.22. The highest BCUT2D eigenvalue weighted by molar-refractivity contribution is 5.92. The zero-order valence-electron chi connectivity index (χ0n) is 19.5. The zero-order valence-corrected chi connectivity index (χ0v) is 19.5. The monoisotopic (exact) mass is 467 g/mol. The van der Waals surface area contributed by atoms with Crippen LogP contribution in [0.4, 0.5) is 14.9 Å². The molecule has 34 heavy (non-hydrogen) atoms. The Hall–Kier alpha value is -3.65. The van der Waals surface area contributed by atoms with E-state index in [4.69, 9.17) is 9.15 Å². The van der Waals surface area contributed by atoms with Crippen LogP contribution in [0.1, 0.15) is 17.1 Å². The first-order valence-corrected chi connectivity index (χ1v) is 11.1. The molecule has 0 unspecified atom stereocenters. The van der Waals surface area contributed by atoms with Crippen molar-refractivity contribution in [2.45, 2.75) is 19.9 Å². The first kappa shape index (κ1) is 25.0. The van der Waals surface area contributed by atoms with Crippen LogP contribution in [0.3, 0.4) is 0 Å². The molecule has 7 nitrogen and oxygen atoms in total. The third kappa shape index (κ3) is 7.74. The van der Waals surface area contributed by atoms with Crippen LogP contribution in [0, 0.1) is 12.7 Å². The molecular weight excluding hydrogens is 437 g/mol. The van der Waals surface area contributed by atoms with Gasteiger partial charge in [0.1, 0.15) is 23.9 Å². The van der Waals surface area contributed by atoms with Gasteiger partial charge in [-0.1, -0.05) is 36.4 Å². The Bertz CT molecular complexity index is 1070. The largest absolute Gasteiger partial charge is 0.464 e. The van der Waals surface area contributed by atoms with Gasteiger partial charge in [-0.25, -0.2) is 9.18 Å². The average molecular weight is 468 g/mol. The number of amides is 3. The van der Waals surface area contributed by atoms with Crippen molar-refractivity contribution < 1.29 is 23.1 Å². The van der Waals surface area contributed by atoms with Crippen LogP contribution in [0.15, 0.2) is 71.1 Å². The van der Waals surface area contributed by atoms with E-state index in [-0.39, 0.29) is 25.6 Å². The van der Waals surface area contributed by atoms with Crippen LogP contribution in [0.25, 0.3) is 0 Å². The lowest BCUT2D eigenvalue weighted by Gasteiger charge is -2.27. The standard InChI is InChI=1S/C26H30FN3O4/c1-20-11-12-24(34-20)18-29(14-13-21-7-4-3-5-8-21)25(31)19-30(15-16-33-2)26(32)28-23-10-6-9-22(27)17-23/h3-12,17H,13-16,18-19H2,1-2H3,(H,28,32). The van der Waals surface area contributed by atoms with E-state index in [0.29, 0.717) is 31.0 Å². The number of ether oxygens (including phenoxy) is 1. The number of carbonyl (C=O) groups excluding carboxylic acids is 2. The minimum atomic E-state index is -0.507. The Morgan fingerprint density at radius 1 is 1.00 bits per heavy atom. The van der Waals surface area contributed by atoms with Gasteiger partial charge in [-0.2, -0.15) is 0 Å². The Morgan fingerprint density at radius 2 is 1.79 bits per heavy atom. The zero-order chi connectivity index (χ0) is 24.3. The normalized spacial score (nSPS) is 10.7. The highest BCUT2D eigenvalue weighted by Crippen LogP contribution is 2.13. The number of methoxy groups -OCH3 is 1. The number of halogens is 1. The number of hydrogen-bond acceptors (Lipinski definition) is 4. The summed E-state index contributed by atoms with van der Waals surface area (Å²) in [7, 11) is 1.52. The highest BCUT2D eigenvalue weighted by atomic mass is 19.1. The fourth-order valence-corrected chi connectivity index (χ4v) is 3.44. The summed E-state index contributed by atoms with van der Waals surface area (Å²) in [5.74, 6) is 0.752. The molecule has 180 valence electrons. The van der Waals surface area contributed by atoms with E-state index in [1.165, 1.54) is 30.2 Å². The molecule has 0 radical (unpaired) electrons. The molecule has 0 aliphatic heterocycles. The summed E-state index contributed by atoms with van der Waals surface area (Å²) in [5, 5.41) is 2.65. The van der Waals surface area contributed by atoms with Crippen molar-refractivity contribution in [3.05, 3.63) is 89.6 Å². The molecule has 0 aliphatic rings. The van der Waals surface area contributed by atoms with Gasteiger partial charge in [0.25, 0.3) is 0 Å². The maximum absolute atomic E-state index is 13.5. The SMILES string of the molecule is COCCN(CC(=O)N(CCc1ccccc1)Cc1ccc(C)o1)C(=O)Nc1cccc(F)c1. The van der Waals surface area contributed by atoms with Crippen molar-refractivity contribution >= 4 is 17.6 Å². The van der Waals surface area contributed by atoms with E-state index >= 15 is 0 Å². The Morgan fingerprint density at radius 3 is 2.47 bits per heavy atom. The smallest absolute Gasteiger partial charge is 0.322 e. The van der Waals surface area contributed by atoms with Crippen LogP contribution in [0.2, 0.25) is 0 Å². The lowest BCUT2D eigenvalue weighted by molar-refractivity contribution is -0.132. The molecule has 0 saturated carbocycles. The van der Waals surface area contributed by atoms with Crippen molar-refractivity contribution in [2.75, 3.05) is 38.7 Å². The predicted molar refractivity (Wildman–Crippen MR) is 128 cm³/mol. The molecule has 1 N–H and O–H groups in total. The van der Waals surface area contributed by atoms with Crippen molar-refractivity contribution in [1.29, 1.82) is 0 Å². The van der Waals surface area contributed by atoms with Gasteiger partial charge in [-0.05, 0) is 49.2 Å². The maximum Gasteiger partial charge on any atom is 0.322 e. The van der Waals surface area contributed by atoms with Crippen molar-refractivity contribution in [3.63, 3.8) is 0 Å². The molecule has 0 spiro atoms. The van der Waals surface area contributed by atoms with Crippen LogP contribution in [-0.4, -0.2) is 55.1 Å². The number of carbonyl (C=O) groups is 2. The van der Waals surface area contributed by atoms with E-state index in [2.05, 4.69) is 5.32 Å². The third-order valence-electron chi connectivity index (χ3n) is 5.26. The lowest BCUT2D eigenvalue weighted by Crippen LogP contribution is -2.46. The van der Waals surface area contributed by atoms with Crippen molar-refractivity contribution in [3.8, 4) is 0 Å². The molecule has 0 aliphatic carbocycles. The van der Waals surface area contributed by atoms with Crippen LogP contribution < -0.4 is 5.32 Å². The summed E-state index contributed by atoms with van der Waals surface area (Å²) in [6, 6.07) is 18.7. The summed E-state index contributed by atoms with van der Waals surface area (Å²) >= 11 is 0. The summed E-state index contributed by atoms with van der Waals surface area (Å²) in [6.07, 6.45) is 0.666. The van der Waals surface area contributed by atoms with Crippen molar-refractivity contribution in [1.82, 2.24) is 9.80 Å². The Labute approximate surface area is 199 Å². The summed E-state index contributed by atoms with van der Waals surface area (Å²) in [5.41, 5.74) is 1.42. The second kappa shape index (κ2) is 12.6. The molecule has 0 fully saturated rings. The number of aryl methyl sites for hydroxylation is 1. The van der Waals surface area contributed by atoms with Gasteiger partial charge < -0.3 is 24.3 Å². The molecule has 1 aromatic heterocycles. The Balaban J connectivity index is 1.71. The van der Waals surface area contributed by atoms with E-state index in [0.717, 1.165) is 11.3 Å². The summed E-state index contributed by atoms with van der Waals surface area (Å²) in [6.45, 7) is 2.91. The average Bonchev–Trinajstić information content (AvgIpc) is 3.24.